The second kappa shape index (κ2) is 10.3. The summed E-state index contributed by atoms with van der Waals surface area (Å²) in [6, 6.07) is 19.8. The van der Waals surface area contributed by atoms with E-state index >= 15 is 0 Å². The van der Waals surface area contributed by atoms with Crippen LogP contribution in [0, 0.1) is 24.0 Å². The average Bonchev–Trinajstić information content (AvgIpc) is 3.29. The fraction of sp³-hybridized carbons (Fsp3) is 0.115. The van der Waals surface area contributed by atoms with Crippen LogP contribution >= 0.6 is 11.6 Å². The Hall–Kier alpha value is -4.30. The zero-order valence-corrected chi connectivity index (χ0v) is 19.7. The van der Waals surface area contributed by atoms with Crippen LogP contribution in [-0.2, 0) is 6.61 Å². The van der Waals surface area contributed by atoms with E-state index in [0.717, 1.165) is 11.1 Å². The number of benzene rings is 3. The fourth-order valence-corrected chi connectivity index (χ4v) is 3.53. The third-order valence-electron chi connectivity index (χ3n) is 4.98. The number of amides is 1. The van der Waals surface area contributed by atoms with Crippen LogP contribution in [0.15, 0.2) is 77.2 Å². The number of carbonyl (C=O) groups excluding carboxylic acids is 1. The van der Waals surface area contributed by atoms with Crippen molar-refractivity contribution < 1.29 is 23.6 Å². The van der Waals surface area contributed by atoms with Crippen LogP contribution in [0.3, 0.4) is 0 Å². The maximum Gasteiger partial charge on any atom is 0.291 e. The van der Waals surface area contributed by atoms with Gasteiger partial charge in [0, 0.05) is 17.2 Å². The molecule has 0 saturated carbocycles. The van der Waals surface area contributed by atoms with E-state index in [-0.39, 0.29) is 29.5 Å². The number of nitro benzene ring substituents is 1. The molecule has 1 heterocycles. The summed E-state index contributed by atoms with van der Waals surface area (Å²) in [5.74, 6) is 1.28. The molecule has 1 aromatic heterocycles. The van der Waals surface area contributed by atoms with Gasteiger partial charge in [-0.3, -0.25) is 14.9 Å². The van der Waals surface area contributed by atoms with E-state index in [1.807, 2.05) is 31.2 Å². The molecule has 0 saturated heterocycles. The Morgan fingerprint density at radius 1 is 1.03 bits per heavy atom. The van der Waals surface area contributed by atoms with Gasteiger partial charge in [-0.25, -0.2) is 0 Å². The van der Waals surface area contributed by atoms with Crippen molar-refractivity contribution in [2.75, 3.05) is 5.32 Å². The molecular weight excluding hydrogens is 472 g/mol. The number of furan rings is 1. The molecule has 178 valence electrons. The van der Waals surface area contributed by atoms with Gasteiger partial charge in [-0.2, -0.15) is 0 Å². The van der Waals surface area contributed by atoms with Crippen LogP contribution in [0.25, 0.3) is 0 Å². The Morgan fingerprint density at radius 3 is 2.60 bits per heavy atom. The lowest BCUT2D eigenvalue weighted by molar-refractivity contribution is -0.384. The zero-order valence-electron chi connectivity index (χ0n) is 18.9. The van der Waals surface area contributed by atoms with Gasteiger partial charge in [0.2, 0.25) is 0 Å². The zero-order chi connectivity index (χ0) is 24.9. The molecule has 0 fully saturated rings. The molecule has 8 nitrogen and oxygen atoms in total. The molecule has 0 aliphatic heterocycles. The van der Waals surface area contributed by atoms with Crippen LogP contribution in [0.5, 0.6) is 17.2 Å². The van der Waals surface area contributed by atoms with E-state index in [4.69, 9.17) is 25.5 Å². The van der Waals surface area contributed by atoms with Gasteiger partial charge in [0.25, 0.3) is 11.6 Å². The Kier molecular flexibility index (Phi) is 7.03. The van der Waals surface area contributed by atoms with Crippen LogP contribution in [0.1, 0.15) is 27.4 Å². The first-order valence-electron chi connectivity index (χ1n) is 10.6. The number of nitrogens with zero attached hydrogens (tertiary/aromatic N) is 1. The van der Waals surface area contributed by atoms with Crippen molar-refractivity contribution in [1.29, 1.82) is 0 Å². The monoisotopic (exact) mass is 492 g/mol. The fourth-order valence-electron chi connectivity index (χ4n) is 3.30. The largest absolute Gasteiger partial charge is 0.486 e. The first kappa shape index (κ1) is 23.8. The summed E-state index contributed by atoms with van der Waals surface area (Å²) < 4.78 is 17.1. The van der Waals surface area contributed by atoms with Gasteiger partial charge in [0.05, 0.1) is 16.7 Å². The van der Waals surface area contributed by atoms with Gasteiger partial charge in [0.15, 0.2) is 5.76 Å². The van der Waals surface area contributed by atoms with Gasteiger partial charge in [-0.15, -0.1) is 0 Å². The number of hydrogen-bond acceptors (Lipinski definition) is 6. The lowest BCUT2D eigenvalue weighted by Gasteiger charge is -2.11. The van der Waals surface area contributed by atoms with E-state index in [1.54, 1.807) is 31.2 Å². The van der Waals surface area contributed by atoms with Crippen LogP contribution in [0.2, 0.25) is 5.02 Å². The summed E-state index contributed by atoms with van der Waals surface area (Å²) in [6.07, 6.45) is 0. The standard InChI is InChI=1S/C26H21ClN2O6/c1-16-4-3-5-21(10-16)33-15-22-7-9-25(34-22)26(30)28-19-12-20(29(31)32)14-23(13-19)35-24-8-6-18(27)11-17(24)2/h3-14H,15H2,1-2H3,(H,28,30). The van der Waals surface area contributed by atoms with Gasteiger partial charge in [-0.1, -0.05) is 23.7 Å². The molecule has 1 N–H and O–H groups in total. The van der Waals surface area contributed by atoms with Crippen molar-refractivity contribution in [3.63, 3.8) is 0 Å². The molecule has 0 aliphatic carbocycles. The molecular formula is C26H21ClN2O6. The molecule has 4 aromatic rings. The molecule has 0 aliphatic rings. The molecule has 0 atom stereocenters. The molecule has 35 heavy (non-hydrogen) atoms. The Bertz CT molecular complexity index is 1400. The molecule has 0 bridgehead atoms. The normalized spacial score (nSPS) is 10.6. The van der Waals surface area contributed by atoms with E-state index in [2.05, 4.69) is 5.32 Å². The SMILES string of the molecule is Cc1cccc(OCc2ccc(C(=O)Nc3cc(Oc4ccc(Cl)cc4C)cc([N+](=O)[O-])c3)o2)c1. The van der Waals surface area contributed by atoms with Gasteiger partial charge < -0.3 is 19.2 Å². The minimum absolute atomic E-state index is 0.0374. The maximum atomic E-state index is 12.7. The molecule has 1 amide bonds. The summed E-state index contributed by atoms with van der Waals surface area (Å²) >= 11 is 5.98. The number of nitro groups is 1. The number of non-ortho nitro benzene ring substituents is 1. The Morgan fingerprint density at radius 2 is 1.86 bits per heavy atom. The van der Waals surface area contributed by atoms with E-state index in [9.17, 15) is 14.9 Å². The number of aryl methyl sites for hydroxylation is 2. The number of hydrogen-bond donors (Lipinski definition) is 1. The summed E-state index contributed by atoms with van der Waals surface area (Å²) in [7, 11) is 0. The highest BCUT2D eigenvalue weighted by atomic mass is 35.5. The summed E-state index contributed by atoms with van der Waals surface area (Å²) in [5.41, 5.74) is 1.76. The lowest BCUT2D eigenvalue weighted by Crippen LogP contribution is -2.11. The van der Waals surface area contributed by atoms with Crippen LogP contribution < -0.4 is 14.8 Å². The maximum absolute atomic E-state index is 12.7. The smallest absolute Gasteiger partial charge is 0.291 e. The number of ether oxygens (including phenoxy) is 2. The number of nitrogens with one attached hydrogen (secondary N) is 1. The lowest BCUT2D eigenvalue weighted by atomic mass is 10.2. The first-order valence-corrected chi connectivity index (χ1v) is 11.0. The van der Waals surface area contributed by atoms with E-state index in [0.29, 0.717) is 22.3 Å². The summed E-state index contributed by atoms with van der Waals surface area (Å²) in [4.78, 5) is 23.6. The van der Waals surface area contributed by atoms with Crippen molar-refractivity contribution in [2.24, 2.45) is 0 Å². The predicted octanol–water partition coefficient (Wildman–Crippen LogP) is 7.08. The van der Waals surface area contributed by atoms with E-state index in [1.165, 1.54) is 24.3 Å². The number of halogens is 1. The summed E-state index contributed by atoms with van der Waals surface area (Å²) in [6.45, 7) is 3.91. The highest BCUT2D eigenvalue weighted by Gasteiger charge is 2.17. The average molecular weight is 493 g/mol. The molecule has 0 radical (unpaired) electrons. The Labute approximate surface area is 206 Å². The highest BCUT2D eigenvalue weighted by molar-refractivity contribution is 6.30. The third-order valence-corrected chi connectivity index (χ3v) is 5.22. The highest BCUT2D eigenvalue weighted by Crippen LogP contribution is 2.32. The third kappa shape index (κ3) is 6.18. The second-order valence-electron chi connectivity index (χ2n) is 7.81. The molecule has 9 heteroatoms. The number of carbonyl (C=O) groups is 1. The van der Waals surface area contributed by atoms with Gasteiger partial charge in [0.1, 0.15) is 29.6 Å². The van der Waals surface area contributed by atoms with Crippen molar-refractivity contribution in [3.05, 3.63) is 111 Å². The van der Waals surface area contributed by atoms with Crippen LogP contribution in [-0.4, -0.2) is 10.8 Å². The van der Waals surface area contributed by atoms with Crippen molar-refractivity contribution >= 4 is 28.9 Å². The minimum atomic E-state index is -0.569. The van der Waals surface area contributed by atoms with Gasteiger partial charge in [-0.05, 0) is 67.4 Å². The van der Waals surface area contributed by atoms with Crippen molar-refractivity contribution in [2.45, 2.75) is 20.5 Å². The number of anilines is 1. The quantitative estimate of drug-likeness (QED) is 0.208. The predicted molar refractivity (Wildman–Crippen MR) is 132 cm³/mol. The van der Waals surface area contributed by atoms with E-state index < -0.39 is 10.8 Å². The first-order chi connectivity index (χ1) is 16.8. The van der Waals surface area contributed by atoms with Gasteiger partial charge >= 0.3 is 0 Å². The molecule has 4 rings (SSSR count). The molecule has 0 unspecified atom stereocenters. The Balaban J connectivity index is 1.48. The topological polar surface area (TPSA) is 104 Å². The van der Waals surface area contributed by atoms with Crippen molar-refractivity contribution in [1.82, 2.24) is 0 Å². The number of rotatable bonds is 8. The molecule has 3 aromatic carbocycles. The molecule has 0 spiro atoms. The van der Waals surface area contributed by atoms with Crippen LogP contribution in [0.4, 0.5) is 11.4 Å². The second-order valence-corrected chi connectivity index (χ2v) is 8.25. The summed E-state index contributed by atoms with van der Waals surface area (Å²) in [5, 5.41) is 14.6. The minimum Gasteiger partial charge on any atom is -0.486 e. The van der Waals surface area contributed by atoms with Crippen molar-refractivity contribution in [3.8, 4) is 17.2 Å².